The molecule has 66 valence electrons. The number of aromatic nitrogens is 1. The lowest BCUT2D eigenvalue weighted by Crippen LogP contribution is -2.28. The number of hydrogen-bond donors (Lipinski definition) is 1. The third-order valence-electron chi connectivity index (χ3n) is 2.18. The molecule has 0 radical (unpaired) electrons. The fraction of sp³-hybridized carbons (Fsp3) is 0.625. The second-order valence-corrected chi connectivity index (χ2v) is 4.13. The number of hydrogen-bond acceptors (Lipinski definition) is 4. The minimum absolute atomic E-state index is 0.676. The lowest BCUT2D eigenvalue weighted by Gasteiger charge is -2.26. The standard InChI is InChI=1S/C8H13N3S/c9-8-10-6-7(12-8)11-4-2-1-3-5-11/h6H,1-5H2,(H2,9,10). The number of nitrogens with two attached hydrogens (primary N) is 1. The molecule has 0 aromatic carbocycles. The van der Waals surface area contributed by atoms with E-state index in [4.69, 9.17) is 5.73 Å². The molecule has 1 saturated heterocycles. The summed E-state index contributed by atoms with van der Waals surface area (Å²) < 4.78 is 0. The fourth-order valence-electron chi connectivity index (χ4n) is 1.54. The van der Waals surface area contributed by atoms with Crippen molar-refractivity contribution in [2.45, 2.75) is 19.3 Å². The molecule has 0 bridgehead atoms. The van der Waals surface area contributed by atoms with Crippen molar-refractivity contribution in [1.29, 1.82) is 0 Å². The van der Waals surface area contributed by atoms with Crippen molar-refractivity contribution in [3.8, 4) is 0 Å². The summed E-state index contributed by atoms with van der Waals surface area (Å²) in [5, 5.41) is 1.91. The highest BCUT2D eigenvalue weighted by Gasteiger charge is 2.12. The first kappa shape index (κ1) is 7.86. The van der Waals surface area contributed by atoms with Crippen LogP contribution in [0.3, 0.4) is 0 Å². The third-order valence-corrected chi connectivity index (χ3v) is 3.07. The number of nitrogen functional groups attached to an aromatic ring is 1. The molecule has 12 heavy (non-hydrogen) atoms. The van der Waals surface area contributed by atoms with Gasteiger partial charge >= 0.3 is 0 Å². The van der Waals surface area contributed by atoms with Gasteiger partial charge in [0.1, 0.15) is 5.00 Å². The van der Waals surface area contributed by atoms with Gasteiger partial charge in [-0.2, -0.15) is 0 Å². The molecule has 2 heterocycles. The Kier molecular flexibility index (Phi) is 2.17. The van der Waals surface area contributed by atoms with Gasteiger partial charge in [0, 0.05) is 13.1 Å². The Morgan fingerprint density at radius 3 is 2.67 bits per heavy atom. The van der Waals surface area contributed by atoms with Crippen LogP contribution in [0.4, 0.5) is 10.1 Å². The molecule has 0 aliphatic carbocycles. The van der Waals surface area contributed by atoms with Crippen LogP contribution in [0.2, 0.25) is 0 Å². The molecule has 0 unspecified atom stereocenters. The molecule has 0 atom stereocenters. The van der Waals surface area contributed by atoms with Gasteiger partial charge in [-0.05, 0) is 19.3 Å². The van der Waals surface area contributed by atoms with E-state index in [9.17, 15) is 0 Å². The minimum atomic E-state index is 0.676. The number of anilines is 2. The van der Waals surface area contributed by atoms with E-state index in [-0.39, 0.29) is 0 Å². The Morgan fingerprint density at radius 2 is 2.08 bits per heavy atom. The monoisotopic (exact) mass is 183 g/mol. The largest absolute Gasteiger partial charge is 0.375 e. The summed E-state index contributed by atoms with van der Waals surface area (Å²) in [6.45, 7) is 2.34. The molecule has 1 aromatic rings. The number of piperidine rings is 1. The van der Waals surface area contributed by atoms with Crippen LogP contribution >= 0.6 is 11.3 Å². The summed E-state index contributed by atoms with van der Waals surface area (Å²) >= 11 is 1.59. The highest BCUT2D eigenvalue weighted by molar-refractivity contribution is 7.19. The van der Waals surface area contributed by atoms with Crippen molar-refractivity contribution < 1.29 is 0 Å². The Bertz CT molecular complexity index is 253. The molecule has 1 aliphatic rings. The van der Waals surface area contributed by atoms with Crippen LogP contribution in [0.1, 0.15) is 19.3 Å². The first-order chi connectivity index (χ1) is 5.86. The lowest BCUT2D eigenvalue weighted by atomic mass is 10.1. The van der Waals surface area contributed by atoms with Crippen molar-refractivity contribution in [3.63, 3.8) is 0 Å². The van der Waals surface area contributed by atoms with Crippen LogP contribution in [-0.2, 0) is 0 Å². The normalized spacial score (nSPS) is 18.2. The molecule has 3 nitrogen and oxygen atoms in total. The zero-order chi connectivity index (χ0) is 8.39. The van der Waals surface area contributed by atoms with Gasteiger partial charge in [0.2, 0.25) is 0 Å². The van der Waals surface area contributed by atoms with Crippen LogP contribution < -0.4 is 10.6 Å². The quantitative estimate of drug-likeness (QED) is 0.720. The molecular formula is C8H13N3S. The van der Waals surface area contributed by atoms with E-state index >= 15 is 0 Å². The second kappa shape index (κ2) is 3.31. The summed E-state index contributed by atoms with van der Waals surface area (Å²) in [6, 6.07) is 0. The number of rotatable bonds is 1. The van der Waals surface area contributed by atoms with Gasteiger partial charge in [0.15, 0.2) is 5.13 Å². The topological polar surface area (TPSA) is 42.1 Å². The van der Waals surface area contributed by atoms with Gasteiger partial charge in [-0.3, -0.25) is 0 Å². The fourth-order valence-corrected chi connectivity index (χ4v) is 2.28. The summed E-state index contributed by atoms with van der Waals surface area (Å²) in [6.07, 6.45) is 5.85. The summed E-state index contributed by atoms with van der Waals surface area (Å²) in [5.74, 6) is 0. The van der Waals surface area contributed by atoms with Crippen molar-refractivity contribution in [2.75, 3.05) is 23.7 Å². The van der Waals surface area contributed by atoms with E-state index in [0.717, 1.165) is 0 Å². The highest BCUT2D eigenvalue weighted by atomic mass is 32.1. The zero-order valence-corrected chi connectivity index (χ0v) is 7.81. The van der Waals surface area contributed by atoms with E-state index in [0.29, 0.717) is 5.13 Å². The molecule has 1 aromatic heterocycles. The average molecular weight is 183 g/mol. The minimum Gasteiger partial charge on any atom is -0.375 e. The third kappa shape index (κ3) is 1.53. The molecule has 0 saturated carbocycles. The van der Waals surface area contributed by atoms with Gasteiger partial charge in [-0.1, -0.05) is 11.3 Å². The summed E-state index contributed by atoms with van der Waals surface area (Å²) in [5.41, 5.74) is 5.57. The zero-order valence-electron chi connectivity index (χ0n) is 6.99. The van der Waals surface area contributed by atoms with Crippen LogP contribution in [0.5, 0.6) is 0 Å². The molecule has 1 fully saturated rings. The van der Waals surface area contributed by atoms with Gasteiger partial charge in [-0.25, -0.2) is 4.98 Å². The lowest BCUT2D eigenvalue weighted by molar-refractivity contribution is 0.580. The SMILES string of the molecule is Nc1ncc(N2CCCCC2)s1. The first-order valence-corrected chi connectivity index (χ1v) is 5.14. The van der Waals surface area contributed by atoms with E-state index in [1.165, 1.54) is 37.4 Å². The van der Waals surface area contributed by atoms with Crippen molar-refractivity contribution >= 4 is 21.5 Å². The Morgan fingerprint density at radius 1 is 1.33 bits per heavy atom. The van der Waals surface area contributed by atoms with Crippen LogP contribution in [0.15, 0.2) is 6.20 Å². The van der Waals surface area contributed by atoms with Gasteiger partial charge in [0.25, 0.3) is 0 Å². The first-order valence-electron chi connectivity index (χ1n) is 4.32. The van der Waals surface area contributed by atoms with E-state index in [2.05, 4.69) is 9.88 Å². The van der Waals surface area contributed by atoms with Gasteiger partial charge < -0.3 is 10.6 Å². The van der Waals surface area contributed by atoms with Gasteiger partial charge in [-0.15, -0.1) is 0 Å². The van der Waals surface area contributed by atoms with Gasteiger partial charge in [0.05, 0.1) is 6.20 Å². The molecule has 2 rings (SSSR count). The Hall–Kier alpha value is -0.770. The number of nitrogens with zero attached hydrogens (tertiary/aromatic N) is 2. The maximum absolute atomic E-state index is 5.57. The molecule has 4 heteroatoms. The summed E-state index contributed by atoms with van der Waals surface area (Å²) in [7, 11) is 0. The Labute approximate surface area is 76.2 Å². The van der Waals surface area contributed by atoms with E-state index in [1.807, 2.05) is 6.20 Å². The van der Waals surface area contributed by atoms with Crippen molar-refractivity contribution in [2.24, 2.45) is 0 Å². The second-order valence-electron chi connectivity index (χ2n) is 3.08. The predicted molar refractivity (Wildman–Crippen MR) is 52.6 cm³/mol. The number of thiazole rings is 1. The predicted octanol–water partition coefficient (Wildman–Crippen LogP) is 1.72. The van der Waals surface area contributed by atoms with Crippen molar-refractivity contribution in [1.82, 2.24) is 4.98 Å². The molecule has 0 spiro atoms. The molecule has 0 amide bonds. The average Bonchev–Trinajstić information content (AvgIpc) is 2.54. The molecular weight excluding hydrogens is 170 g/mol. The van der Waals surface area contributed by atoms with Crippen LogP contribution in [0, 0.1) is 0 Å². The maximum atomic E-state index is 5.57. The van der Waals surface area contributed by atoms with E-state index in [1.54, 1.807) is 11.3 Å². The summed E-state index contributed by atoms with van der Waals surface area (Å²) in [4.78, 5) is 6.42. The van der Waals surface area contributed by atoms with E-state index < -0.39 is 0 Å². The van der Waals surface area contributed by atoms with Crippen molar-refractivity contribution in [3.05, 3.63) is 6.20 Å². The van der Waals surface area contributed by atoms with Crippen LogP contribution in [-0.4, -0.2) is 18.1 Å². The molecule has 1 aliphatic heterocycles. The Balaban J connectivity index is 2.08. The smallest absolute Gasteiger partial charge is 0.181 e. The molecule has 2 N–H and O–H groups in total. The van der Waals surface area contributed by atoms with Crippen LogP contribution in [0.25, 0.3) is 0 Å². The maximum Gasteiger partial charge on any atom is 0.181 e. The highest BCUT2D eigenvalue weighted by Crippen LogP contribution is 2.27.